The second-order valence-corrected chi connectivity index (χ2v) is 6.13. The second-order valence-electron chi connectivity index (χ2n) is 6.13. The Balaban J connectivity index is 1.74. The quantitative estimate of drug-likeness (QED) is 0.812. The molecule has 1 aliphatic heterocycles. The van der Waals surface area contributed by atoms with Gasteiger partial charge in [-0.05, 0) is 36.8 Å². The summed E-state index contributed by atoms with van der Waals surface area (Å²) in [6.07, 6.45) is 2.36. The van der Waals surface area contributed by atoms with Crippen molar-refractivity contribution >= 4 is 0 Å². The molecule has 2 rings (SSSR count). The van der Waals surface area contributed by atoms with Crippen LogP contribution in [-0.2, 0) is 0 Å². The predicted octanol–water partition coefficient (Wildman–Crippen LogP) is 2.76. The fraction of sp³-hybridized carbons (Fsp3) is 0.647. The average Bonchev–Trinajstić information content (AvgIpc) is 2.44. The molecule has 1 aromatic rings. The number of likely N-dealkylation sites (tertiary alicyclic amines) is 1. The van der Waals surface area contributed by atoms with Crippen molar-refractivity contribution in [3.05, 3.63) is 30.3 Å². The summed E-state index contributed by atoms with van der Waals surface area (Å²) in [5, 5.41) is 0. The first-order chi connectivity index (χ1) is 9.70. The van der Waals surface area contributed by atoms with Crippen LogP contribution in [-0.4, -0.2) is 37.2 Å². The zero-order valence-electron chi connectivity index (χ0n) is 12.8. The number of para-hydroxylation sites is 1. The van der Waals surface area contributed by atoms with Gasteiger partial charge in [0.15, 0.2) is 0 Å². The molecule has 1 heterocycles. The van der Waals surface area contributed by atoms with E-state index in [0.29, 0.717) is 12.0 Å². The van der Waals surface area contributed by atoms with E-state index in [4.69, 9.17) is 10.5 Å². The Morgan fingerprint density at radius 1 is 1.25 bits per heavy atom. The van der Waals surface area contributed by atoms with Crippen molar-refractivity contribution in [3.63, 3.8) is 0 Å². The Bertz CT molecular complexity index is 382. The molecule has 0 aliphatic carbocycles. The molecular formula is C17H28N2O. The van der Waals surface area contributed by atoms with Crippen LogP contribution >= 0.6 is 0 Å². The highest BCUT2D eigenvalue weighted by molar-refractivity contribution is 5.20. The summed E-state index contributed by atoms with van der Waals surface area (Å²) >= 11 is 0. The van der Waals surface area contributed by atoms with Crippen molar-refractivity contribution in [2.45, 2.75) is 32.7 Å². The Morgan fingerprint density at radius 3 is 2.70 bits per heavy atom. The molecule has 0 spiro atoms. The first-order valence-corrected chi connectivity index (χ1v) is 7.82. The van der Waals surface area contributed by atoms with Crippen LogP contribution in [0.5, 0.6) is 5.75 Å². The molecule has 1 aliphatic rings. The van der Waals surface area contributed by atoms with Crippen molar-refractivity contribution in [1.82, 2.24) is 4.90 Å². The standard InChI is InChI=1S/C17H28N2O/c1-14-11-15(2)17(12-18)19(13-14)9-6-10-20-16-7-4-3-5-8-16/h3-5,7-8,14-15,17H,6,9-13,18H2,1-2H3. The molecule has 3 unspecified atom stereocenters. The lowest BCUT2D eigenvalue weighted by molar-refractivity contribution is 0.0687. The lowest BCUT2D eigenvalue weighted by Gasteiger charge is -2.42. The van der Waals surface area contributed by atoms with Crippen LogP contribution in [0.4, 0.5) is 0 Å². The van der Waals surface area contributed by atoms with Gasteiger partial charge in [0.1, 0.15) is 5.75 Å². The summed E-state index contributed by atoms with van der Waals surface area (Å²) in [5.41, 5.74) is 5.95. The maximum atomic E-state index is 5.95. The second kappa shape index (κ2) is 7.65. The largest absolute Gasteiger partial charge is 0.494 e. The molecule has 1 saturated heterocycles. The number of hydrogen-bond donors (Lipinski definition) is 1. The van der Waals surface area contributed by atoms with Gasteiger partial charge >= 0.3 is 0 Å². The van der Waals surface area contributed by atoms with Gasteiger partial charge in [0.25, 0.3) is 0 Å². The van der Waals surface area contributed by atoms with Crippen molar-refractivity contribution in [3.8, 4) is 5.75 Å². The predicted molar refractivity (Wildman–Crippen MR) is 83.9 cm³/mol. The molecule has 112 valence electrons. The topological polar surface area (TPSA) is 38.5 Å². The van der Waals surface area contributed by atoms with Gasteiger partial charge in [0.05, 0.1) is 6.61 Å². The molecule has 0 amide bonds. The average molecular weight is 276 g/mol. The number of benzene rings is 1. The molecule has 0 saturated carbocycles. The summed E-state index contributed by atoms with van der Waals surface area (Å²) in [5.74, 6) is 2.45. The van der Waals surface area contributed by atoms with Crippen LogP contribution < -0.4 is 10.5 Å². The monoisotopic (exact) mass is 276 g/mol. The van der Waals surface area contributed by atoms with Gasteiger partial charge in [-0.25, -0.2) is 0 Å². The molecule has 1 aromatic carbocycles. The van der Waals surface area contributed by atoms with Crippen LogP contribution in [0.2, 0.25) is 0 Å². The van der Waals surface area contributed by atoms with Crippen LogP contribution in [0.1, 0.15) is 26.7 Å². The van der Waals surface area contributed by atoms with Gasteiger partial charge in [-0.3, -0.25) is 4.90 Å². The van der Waals surface area contributed by atoms with Gasteiger partial charge < -0.3 is 10.5 Å². The molecule has 1 fully saturated rings. The Morgan fingerprint density at radius 2 is 2.00 bits per heavy atom. The number of rotatable bonds is 6. The number of nitrogens with two attached hydrogens (primary N) is 1. The van der Waals surface area contributed by atoms with Crippen LogP contribution in [0.15, 0.2) is 30.3 Å². The van der Waals surface area contributed by atoms with E-state index in [0.717, 1.165) is 37.8 Å². The summed E-state index contributed by atoms with van der Waals surface area (Å²) in [4.78, 5) is 2.56. The number of ether oxygens (including phenoxy) is 1. The first kappa shape index (κ1) is 15.3. The lowest BCUT2D eigenvalue weighted by atomic mass is 9.85. The fourth-order valence-electron chi connectivity index (χ4n) is 3.37. The molecule has 3 heteroatoms. The normalized spacial score (nSPS) is 27.4. The molecule has 0 bridgehead atoms. The lowest BCUT2D eigenvalue weighted by Crippen LogP contribution is -2.51. The van der Waals surface area contributed by atoms with E-state index in [1.54, 1.807) is 0 Å². The summed E-state index contributed by atoms with van der Waals surface area (Å²) in [7, 11) is 0. The minimum Gasteiger partial charge on any atom is -0.494 e. The summed E-state index contributed by atoms with van der Waals surface area (Å²) < 4.78 is 5.76. The van der Waals surface area contributed by atoms with E-state index in [1.807, 2.05) is 30.3 Å². The molecule has 0 radical (unpaired) electrons. The van der Waals surface area contributed by atoms with E-state index in [2.05, 4.69) is 18.7 Å². The molecule has 0 aromatic heterocycles. The molecule has 20 heavy (non-hydrogen) atoms. The molecular weight excluding hydrogens is 248 g/mol. The van der Waals surface area contributed by atoms with E-state index in [9.17, 15) is 0 Å². The van der Waals surface area contributed by atoms with Gasteiger partial charge in [0, 0.05) is 25.7 Å². The summed E-state index contributed by atoms with van der Waals surface area (Å²) in [6, 6.07) is 10.6. The highest BCUT2D eigenvalue weighted by atomic mass is 16.5. The zero-order valence-corrected chi connectivity index (χ0v) is 12.8. The van der Waals surface area contributed by atoms with E-state index < -0.39 is 0 Å². The third kappa shape index (κ3) is 4.22. The van der Waals surface area contributed by atoms with Crippen molar-refractivity contribution in [1.29, 1.82) is 0 Å². The smallest absolute Gasteiger partial charge is 0.119 e. The van der Waals surface area contributed by atoms with E-state index >= 15 is 0 Å². The number of hydrogen-bond acceptors (Lipinski definition) is 3. The maximum absolute atomic E-state index is 5.95. The molecule has 2 N–H and O–H groups in total. The van der Waals surface area contributed by atoms with Gasteiger partial charge in [-0.1, -0.05) is 32.0 Å². The minimum atomic E-state index is 0.544. The van der Waals surface area contributed by atoms with Crippen LogP contribution in [0.3, 0.4) is 0 Å². The Kier molecular flexibility index (Phi) is 5.86. The zero-order chi connectivity index (χ0) is 14.4. The highest BCUT2D eigenvalue weighted by Gasteiger charge is 2.30. The molecule has 3 nitrogen and oxygen atoms in total. The molecule has 3 atom stereocenters. The number of piperidine rings is 1. The fourth-order valence-corrected chi connectivity index (χ4v) is 3.37. The van der Waals surface area contributed by atoms with Crippen LogP contribution in [0.25, 0.3) is 0 Å². The third-order valence-electron chi connectivity index (χ3n) is 4.29. The number of nitrogens with zero attached hydrogens (tertiary/aromatic N) is 1. The SMILES string of the molecule is CC1CC(C)C(CN)N(CCCOc2ccccc2)C1. The van der Waals surface area contributed by atoms with Crippen molar-refractivity contribution in [2.24, 2.45) is 17.6 Å². The Labute approximate surface area is 123 Å². The van der Waals surface area contributed by atoms with Gasteiger partial charge in [-0.15, -0.1) is 0 Å². The summed E-state index contributed by atoms with van der Waals surface area (Å²) in [6.45, 7) is 8.49. The van der Waals surface area contributed by atoms with Crippen molar-refractivity contribution < 1.29 is 4.74 Å². The Hall–Kier alpha value is -1.06. The van der Waals surface area contributed by atoms with Gasteiger partial charge in [-0.2, -0.15) is 0 Å². The van der Waals surface area contributed by atoms with Crippen LogP contribution in [0, 0.1) is 11.8 Å². The maximum Gasteiger partial charge on any atom is 0.119 e. The van der Waals surface area contributed by atoms with E-state index in [-0.39, 0.29) is 0 Å². The minimum absolute atomic E-state index is 0.544. The third-order valence-corrected chi connectivity index (χ3v) is 4.29. The van der Waals surface area contributed by atoms with Gasteiger partial charge in [0.2, 0.25) is 0 Å². The van der Waals surface area contributed by atoms with Crippen molar-refractivity contribution in [2.75, 3.05) is 26.2 Å². The van der Waals surface area contributed by atoms with E-state index in [1.165, 1.54) is 13.0 Å². The first-order valence-electron chi connectivity index (χ1n) is 7.82. The highest BCUT2D eigenvalue weighted by Crippen LogP contribution is 2.26.